The van der Waals surface area contributed by atoms with Gasteiger partial charge in [-0.25, -0.2) is 0 Å². The number of carbonyl (C=O) groups is 2. The van der Waals surface area contributed by atoms with Crippen molar-refractivity contribution >= 4 is 28.3 Å². The van der Waals surface area contributed by atoms with Gasteiger partial charge in [-0.1, -0.05) is 30.3 Å². The fraction of sp³-hybridized carbons (Fsp3) is 0.333. The lowest BCUT2D eigenvalue weighted by molar-refractivity contribution is -0.121. The molecular weight excluding hydrogens is 378 g/mol. The van der Waals surface area contributed by atoms with E-state index in [1.807, 2.05) is 55.5 Å². The molecule has 0 radical (unpaired) electrons. The molecule has 4 rings (SSSR count). The Labute approximate surface area is 176 Å². The number of aryl methyl sites for hydroxylation is 1. The smallest absolute Gasteiger partial charge is 0.227 e. The molecule has 1 fully saturated rings. The maximum atomic E-state index is 13.0. The van der Waals surface area contributed by atoms with Crippen LogP contribution in [0.3, 0.4) is 0 Å². The van der Waals surface area contributed by atoms with E-state index in [1.165, 1.54) is 0 Å². The quantitative estimate of drug-likeness (QED) is 0.608. The number of Topliss-reactive ketones (excluding diaryl/α,β-unsaturated/α-hetero) is 1. The standard InChI is InChI=1S/C24H27N3O3/c1-16-23(18-7-3-4-8-19(18)25-16)21(28)15-27-13-11-17(12-14-27)24(29)26-20-9-5-6-10-22(20)30-2/h3-10,17,25H,11-15H2,1-2H3,(H,26,29). The van der Waals surface area contributed by atoms with Gasteiger partial charge in [0, 0.05) is 28.1 Å². The average molecular weight is 405 g/mol. The van der Waals surface area contributed by atoms with Gasteiger partial charge in [-0.15, -0.1) is 0 Å². The Morgan fingerprint density at radius 3 is 2.57 bits per heavy atom. The third-order valence-corrected chi connectivity index (χ3v) is 5.86. The highest BCUT2D eigenvalue weighted by Gasteiger charge is 2.27. The third-order valence-electron chi connectivity index (χ3n) is 5.86. The number of anilines is 1. The SMILES string of the molecule is COc1ccccc1NC(=O)C1CCN(CC(=O)c2c(C)[nH]c3ccccc23)CC1. The Hall–Kier alpha value is -3.12. The number of rotatable bonds is 6. The zero-order valence-corrected chi connectivity index (χ0v) is 17.4. The first-order chi connectivity index (χ1) is 14.6. The van der Waals surface area contributed by atoms with Crippen molar-refractivity contribution in [3.8, 4) is 5.75 Å². The molecule has 1 aliphatic heterocycles. The number of aromatic nitrogens is 1. The highest BCUT2D eigenvalue weighted by atomic mass is 16.5. The fourth-order valence-electron chi connectivity index (χ4n) is 4.25. The molecule has 3 aromatic rings. The lowest BCUT2D eigenvalue weighted by Gasteiger charge is -2.30. The van der Waals surface area contributed by atoms with E-state index < -0.39 is 0 Å². The van der Waals surface area contributed by atoms with Crippen LogP contribution >= 0.6 is 0 Å². The summed E-state index contributed by atoms with van der Waals surface area (Å²) in [6.07, 6.45) is 1.47. The van der Waals surface area contributed by atoms with Gasteiger partial charge < -0.3 is 15.0 Å². The number of hydrogen-bond acceptors (Lipinski definition) is 4. The van der Waals surface area contributed by atoms with Crippen LogP contribution in [-0.4, -0.2) is 48.3 Å². The second-order valence-corrected chi connectivity index (χ2v) is 7.83. The van der Waals surface area contributed by atoms with Gasteiger partial charge in [0.1, 0.15) is 5.75 Å². The van der Waals surface area contributed by atoms with Crippen molar-refractivity contribution in [3.63, 3.8) is 0 Å². The number of para-hydroxylation sites is 3. The normalized spacial score (nSPS) is 15.3. The molecule has 30 heavy (non-hydrogen) atoms. The van der Waals surface area contributed by atoms with Crippen LogP contribution in [0.2, 0.25) is 0 Å². The molecule has 0 bridgehead atoms. The summed E-state index contributed by atoms with van der Waals surface area (Å²) in [5, 5.41) is 3.96. The number of H-pyrrole nitrogens is 1. The maximum absolute atomic E-state index is 13.0. The first kappa shape index (κ1) is 20.2. The van der Waals surface area contributed by atoms with Gasteiger partial charge >= 0.3 is 0 Å². The van der Waals surface area contributed by atoms with Crippen molar-refractivity contribution in [2.75, 3.05) is 32.1 Å². The average Bonchev–Trinajstić information content (AvgIpc) is 3.10. The molecule has 1 saturated heterocycles. The molecule has 0 saturated carbocycles. The highest BCUT2D eigenvalue weighted by molar-refractivity contribution is 6.10. The van der Waals surface area contributed by atoms with Gasteiger partial charge in [-0.05, 0) is 51.1 Å². The molecule has 0 spiro atoms. The number of likely N-dealkylation sites (tertiary alicyclic amines) is 1. The highest BCUT2D eigenvalue weighted by Crippen LogP contribution is 2.27. The second-order valence-electron chi connectivity index (χ2n) is 7.83. The predicted octanol–water partition coefficient (Wildman–Crippen LogP) is 4.02. The number of carbonyl (C=O) groups excluding carboxylic acids is 2. The Bertz CT molecular complexity index is 1060. The number of piperidine rings is 1. The van der Waals surface area contributed by atoms with Crippen LogP contribution < -0.4 is 10.1 Å². The summed E-state index contributed by atoms with van der Waals surface area (Å²) in [4.78, 5) is 31.1. The van der Waals surface area contributed by atoms with Gasteiger partial charge in [-0.3, -0.25) is 14.5 Å². The van der Waals surface area contributed by atoms with Crippen LogP contribution in [0.25, 0.3) is 10.9 Å². The van der Waals surface area contributed by atoms with Gasteiger partial charge in [0.05, 0.1) is 19.3 Å². The Morgan fingerprint density at radius 1 is 1.10 bits per heavy atom. The van der Waals surface area contributed by atoms with E-state index in [-0.39, 0.29) is 17.6 Å². The zero-order valence-electron chi connectivity index (χ0n) is 17.4. The van der Waals surface area contributed by atoms with Gasteiger partial charge in [0.25, 0.3) is 0 Å². The number of nitrogens with one attached hydrogen (secondary N) is 2. The van der Waals surface area contributed by atoms with E-state index in [2.05, 4.69) is 15.2 Å². The van der Waals surface area contributed by atoms with E-state index in [0.717, 1.165) is 48.1 Å². The number of ketones is 1. The summed E-state index contributed by atoms with van der Waals surface area (Å²) >= 11 is 0. The Morgan fingerprint density at radius 2 is 1.80 bits per heavy atom. The molecule has 156 valence electrons. The van der Waals surface area contributed by atoms with E-state index in [9.17, 15) is 9.59 Å². The number of methoxy groups -OCH3 is 1. The molecule has 1 aromatic heterocycles. The molecule has 2 heterocycles. The molecular formula is C24H27N3O3. The number of aromatic amines is 1. The molecule has 6 nitrogen and oxygen atoms in total. The zero-order chi connectivity index (χ0) is 21.1. The van der Waals surface area contributed by atoms with Crippen LogP contribution in [-0.2, 0) is 4.79 Å². The molecule has 1 amide bonds. The number of hydrogen-bond donors (Lipinski definition) is 2. The Kier molecular flexibility index (Phi) is 5.86. The molecule has 2 N–H and O–H groups in total. The van der Waals surface area contributed by atoms with Crippen molar-refractivity contribution in [3.05, 3.63) is 59.8 Å². The van der Waals surface area contributed by atoms with E-state index in [0.29, 0.717) is 18.0 Å². The van der Waals surface area contributed by atoms with E-state index in [4.69, 9.17) is 4.74 Å². The van der Waals surface area contributed by atoms with E-state index in [1.54, 1.807) is 7.11 Å². The van der Waals surface area contributed by atoms with Crippen LogP contribution in [0, 0.1) is 12.8 Å². The van der Waals surface area contributed by atoms with Crippen LogP contribution in [0.15, 0.2) is 48.5 Å². The van der Waals surface area contributed by atoms with Crippen molar-refractivity contribution in [2.24, 2.45) is 5.92 Å². The van der Waals surface area contributed by atoms with Gasteiger partial charge in [-0.2, -0.15) is 0 Å². The van der Waals surface area contributed by atoms with Crippen molar-refractivity contribution in [2.45, 2.75) is 19.8 Å². The Balaban J connectivity index is 1.35. The largest absolute Gasteiger partial charge is 0.495 e. The van der Waals surface area contributed by atoms with Crippen molar-refractivity contribution < 1.29 is 14.3 Å². The summed E-state index contributed by atoms with van der Waals surface area (Å²) in [6, 6.07) is 15.3. The van der Waals surface area contributed by atoms with Crippen molar-refractivity contribution in [1.82, 2.24) is 9.88 Å². The minimum absolute atomic E-state index is 0.0120. The fourth-order valence-corrected chi connectivity index (χ4v) is 4.25. The molecule has 1 aliphatic rings. The number of ether oxygens (including phenoxy) is 1. The van der Waals surface area contributed by atoms with Gasteiger partial charge in [0.15, 0.2) is 5.78 Å². The summed E-state index contributed by atoms with van der Waals surface area (Å²) in [5.74, 6) is 0.735. The number of fused-ring (bicyclic) bond motifs is 1. The molecule has 0 atom stereocenters. The van der Waals surface area contributed by atoms with Gasteiger partial charge in [0.2, 0.25) is 5.91 Å². The lowest BCUT2D eigenvalue weighted by atomic mass is 9.95. The molecule has 6 heteroatoms. The summed E-state index contributed by atoms with van der Waals surface area (Å²) < 4.78 is 5.31. The minimum atomic E-state index is -0.0592. The van der Waals surface area contributed by atoms with Crippen molar-refractivity contribution in [1.29, 1.82) is 0 Å². The summed E-state index contributed by atoms with van der Waals surface area (Å²) in [6.45, 7) is 3.79. The first-order valence-electron chi connectivity index (χ1n) is 10.3. The lowest BCUT2D eigenvalue weighted by Crippen LogP contribution is -2.40. The number of nitrogens with zero attached hydrogens (tertiary/aromatic N) is 1. The number of amides is 1. The second kappa shape index (κ2) is 8.71. The van der Waals surface area contributed by atoms with Crippen LogP contribution in [0.4, 0.5) is 5.69 Å². The third kappa shape index (κ3) is 4.09. The molecule has 0 unspecified atom stereocenters. The van der Waals surface area contributed by atoms with Crippen LogP contribution in [0.5, 0.6) is 5.75 Å². The monoisotopic (exact) mass is 405 g/mol. The van der Waals surface area contributed by atoms with Crippen LogP contribution in [0.1, 0.15) is 28.9 Å². The first-order valence-corrected chi connectivity index (χ1v) is 10.3. The van der Waals surface area contributed by atoms with E-state index >= 15 is 0 Å². The molecule has 2 aromatic carbocycles. The summed E-state index contributed by atoms with van der Waals surface area (Å²) in [7, 11) is 1.59. The molecule has 0 aliphatic carbocycles. The predicted molar refractivity (Wildman–Crippen MR) is 118 cm³/mol. The maximum Gasteiger partial charge on any atom is 0.227 e. The number of benzene rings is 2. The summed E-state index contributed by atoms with van der Waals surface area (Å²) in [5.41, 5.74) is 3.37. The topological polar surface area (TPSA) is 74.4 Å². The minimum Gasteiger partial charge on any atom is -0.495 e.